The maximum absolute atomic E-state index is 14.9. The van der Waals surface area contributed by atoms with E-state index in [0.717, 1.165) is 11.8 Å². The minimum Gasteiger partial charge on any atom is -0.444 e. The molecule has 1 aromatic heterocycles. The van der Waals surface area contributed by atoms with Gasteiger partial charge in [-0.2, -0.15) is 0 Å². The molecular weight excluding hydrogens is 458 g/mol. The van der Waals surface area contributed by atoms with Gasteiger partial charge in [0.2, 0.25) is 0 Å². The average molecular weight is 482 g/mol. The van der Waals surface area contributed by atoms with Gasteiger partial charge in [0, 0.05) is 36.8 Å². The molecule has 4 rings (SSSR count). The number of aromatic amines is 1. The number of ether oxygens (including phenoxy) is 1. The lowest BCUT2D eigenvalue weighted by molar-refractivity contribution is -0.117. The number of nitrogens with zero attached hydrogens (tertiary/aromatic N) is 2. The van der Waals surface area contributed by atoms with Gasteiger partial charge in [0.15, 0.2) is 0 Å². The molecule has 0 unspecified atom stereocenters. The molecule has 35 heavy (non-hydrogen) atoms. The average Bonchev–Trinajstić information content (AvgIpc) is 3.47. The summed E-state index contributed by atoms with van der Waals surface area (Å²) in [5.41, 5.74) is 1.37. The Morgan fingerprint density at radius 2 is 2.03 bits per heavy atom. The number of aromatic nitrogens is 2. The van der Waals surface area contributed by atoms with Crippen LogP contribution in [0.3, 0.4) is 0 Å². The van der Waals surface area contributed by atoms with Crippen LogP contribution >= 0.6 is 0 Å². The summed E-state index contributed by atoms with van der Waals surface area (Å²) in [6, 6.07) is 8.04. The highest BCUT2D eigenvalue weighted by Gasteiger charge is 2.32. The number of rotatable bonds is 9. The number of nitrogens with one attached hydrogen (secondary N) is 2. The van der Waals surface area contributed by atoms with Crippen molar-refractivity contribution in [3.63, 3.8) is 0 Å². The second-order valence-electron chi connectivity index (χ2n) is 8.30. The fourth-order valence-corrected chi connectivity index (χ4v) is 3.85. The molecular formula is C25H24F2N4O4. The number of ketones is 1. The van der Waals surface area contributed by atoms with Crippen molar-refractivity contribution in [3.05, 3.63) is 71.8 Å². The van der Waals surface area contributed by atoms with Crippen LogP contribution in [0, 0.1) is 11.6 Å². The van der Waals surface area contributed by atoms with Crippen LogP contribution in [0.15, 0.2) is 48.9 Å². The molecule has 1 aliphatic heterocycles. The maximum Gasteiger partial charge on any atom is 0.414 e. The van der Waals surface area contributed by atoms with Crippen LogP contribution in [0.4, 0.5) is 19.3 Å². The molecule has 0 spiro atoms. The summed E-state index contributed by atoms with van der Waals surface area (Å²) in [6.07, 6.45) is 3.34. The number of H-pyrrole nitrogens is 1. The van der Waals surface area contributed by atoms with Gasteiger partial charge in [-0.25, -0.2) is 18.6 Å². The smallest absolute Gasteiger partial charge is 0.414 e. The van der Waals surface area contributed by atoms with E-state index in [-0.39, 0.29) is 29.0 Å². The number of hydrogen-bond acceptors (Lipinski definition) is 5. The number of Topliss-reactive ketones (excluding diaryl/α,β-unsaturated/α-hetero) is 1. The van der Waals surface area contributed by atoms with Crippen molar-refractivity contribution in [3.8, 4) is 11.1 Å². The van der Waals surface area contributed by atoms with Crippen molar-refractivity contribution in [1.82, 2.24) is 15.3 Å². The van der Waals surface area contributed by atoms with Crippen LogP contribution in [0.5, 0.6) is 0 Å². The van der Waals surface area contributed by atoms with Gasteiger partial charge in [-0.15, -0.1) is 0 Å². The van der Waals surface area contributed by atoms with Crippen molar-refractivity contribution >= 4 is 23.5 Å². The van der Waals surface area contributed by atoms with Crippen molar-refractivity contribution in [2.75, 3.05) is 18.0 Å². The highest BCUT2D eigenvalue weighted by atomic mass is 19.1. The largest absolute Gasteiger partial charge is 0.444 e. The van der Waals surface area contributed by atoms with Crippen LogP contribution in [0.25, 0.3) is 11.1 Å². The van der Waals surface area contributed by atoms with Gasteiger partial charge < -0.3 is 19.8 Å². The predicted molar refractivity (Wildman–Crippen MR) is 124 cm³/mol. The number of cyclic esters (lactones) is 1. The Bertz CT molecular complexity index is 1250. The van der Waals surface area contributed by atoms with E-state index in [1.807, 2.05) is 0 Å². The van der Waals surface area contributed by atoms with Crippen LogP contribution in [0.1, 0.15) is 35.8 Å². The van der Waals surface area contributed by atoms with Gasteiger partial charge in [0.1, 0.15) is 23.5 Å². The maximum atomic E-state index is 14.9. The Balaban J connectivity index is 1.42. The van der Waals surface area contributed by atoms with Gasteiger partial charge in [0.05, 0.1) is 24.1 Å². The van der Waals surface area contributed by atoms with Crippen molar-refractivity contribution in [2.45, 2.75) is 32.3 Å². The van der Waals surface area contributed by atoms with Crippen molar-refractivity contribution < 1.29 is 27.9 Å². The highest BCUT2D eigenvalue weighted by Crippen LogP contribution is 2.30. The zero-order valence-corrected chi connectivity index (χ0v) is 19.0. The molecule has 1 atom stereocenters. The molecule has 0 aliphatic carbocycles. The fraction of sp³-hybridized carbons (Fsp3) is 0.280. The van der Waals surface area contributed by atoms with E-state index in [0.29, 0.717) is 31.5 Å². The molecule has 1 fully saturated rings. The van der Waals surface area contributed by atoms with Crippen LogP contribution < -0.4 is 10.2 Å². The van der Waals surface area contributed by atoms with Gasteiger partial charge >= 0.3 is 6.09 Å². The number of benzene rings is 2. The molecule has 2 heterocycles. The van der Waals surface area contributed by atoms with Gasteiger partial charge in [-0.1, -0.05) is 6.07 Å². The van der Waals surface area contributed by atoms with Crippen LogP contribution in [-0.4, -0.2) is 46.9 Å². The second kappa shape index (κ2) is 10.5. The van der Waals surface area contributed by atoms with E-state index in [1.54, 1.807) is 12.3 Å². The topological polar surface area (TPSA) is 104 Å². The molecule has 0 radical (unpaired) electrons. The summed E-state index contributed by atoms with van der Waals surface area (Å²) in [6.45, 7) is 1.98. The lowest BCUT2D eigenvalue weighted by Crippen LogP contribution is -2.26. The molecule has 2 N–H and O–H groups in total. The van der Waals surface area contributed by atoms with E-state index < -0.39 is 29.7 Å². The third-order valence-electron chi connectivity index (χ3n) is 5.72. The highest BCUT2D eigenvalue weighted by molar-refractivity contribution is 5.95. The molecule has 182 valence electrons. The zero-order chi connectivity index (χ0) is 24.9. The summed E-state index contributed by atoms with van der Waals surface area (Å²) in [4.78, 5) is 43.8. The molecule has 2 amide bonds. The third kappa shape index (κ3) is 5.71. The van der Waals surface area contributed by atoms with E-state index >= 15 is 0 Å². The van der Waals surface area contributed by atoms with Gasteiger partial charge in [0.25, 0.3) is 5.91 Å². The third-order valence-corrected chi connectivity index (χ3v) is 5.72. The summed E-state index contributed by atoms with van der Waals surface area (Å²) < 4.78 is 34.9. The summed E-state index contributed by atoms with van der Waals surface area (Å²) in [5, 5.41) is 2.64. The van der Waals surface area contributed by atoms with Gasteiger partial charge in [-0.3, -0.25) is 9.69 Å². The Morgan fingerprint density at radius 3 is 2.71 bits per heavy atom. The predicted octanol–water partition coefficient (Wildman–Crippen LogP) is 4.02. The van der Waals surface area contributed by atoms with E-state index in [2.05, 4.69) is 15.3 Å². The molecule has 1 saturated heterocycles. The number of amides is 2. The number of halogens is 2. The first-order chi connectivity index (χ1) is 16.8. The van der Waals surface area contributed by atoms with E-state index in [4.69, 9.17) is 4.74 Å². The first-order valence-corrected chi connectivity index (χ1v) is 11.1. The summed E-state index contributed by atoms with van der Waals surface area (Å²) in [7, 11) is 0. The molecule has 10 heteroatoms. The van der Waals surface area contributed by atoms with Gasteiger partial charge in [-0.05, 0) is 49.2 Å². The molecule has 2 aromatic carbocycles. The fourth-order valence-electron chi connectivity index (χ4n) is 3.85. The Kier molecular flexibility index (Phi) is 7.19. The monoisotopic (exact) mass is 482 g/mol. The SMILES string of the molecule is CC(=O)CC[C@H]1CN(c2ccc(-c3ccc(C(=O)NCCc4cnc[nH]4)c(F)c3)c(F)c2)C(=O)O1. The van der Waals surface area contributed by atoms with Crippen molar-refractivity contribution in [1.29, 1.82) is 0 Å². The first-order valence-electron chi connectivity index (χ1n) is 11.1. The minimum atomic E-state index is -0.776. The molecule has 8 nitrogen and oxygen atoms in total. The quantitative estimate of drug-likeness (QED) is 0.479. The summed E-state index contributed by atoms with van der Waals surface area (Å²) >= 11 is 0. The standard InChI is InChI=1S/C25H24F2N4O4/c1-15(32)2-5-19-13-31(25(34)35-19)18-4-7-20(23(27)11-18)16-3-6-21(22(26)10-16)24(33)29-9-8-17-12-28-14-30-17/h3-4,6-7,10-12,14,19H,2,5,8-9,13H2,1H3,(H,28,30)(H,29,33)/t19-/m0/s1. The van der Waals surface area contributed by atoms with E-state index in [1.165, 1.54) is 42.4 Å². The number of hydrogen-bond donors (Lipinski definition) is 2. The minimum absolute atomic E-state index is 0.000225. The Labute approximate surface area is 200 Å². The lowest BCUT2D eigenvalue weighted by Gasteiger charge is -2.15. The Hall–Kier alpha value is -4.08. The summed E-state index contributed by atoms with van der Waals surface area (Å²) in [5.74, 6) is -2.00. The number of carbonyl (C=O) groups excluding carboxylic acids is 3. The molecule has 3 aromatic rings. The number of carbonyl (C=O) groups is 3. The molecule has 0 saturated carbocycles. The van der Waals surface area contributed by atoms with Crippen molar-refractivity contribution in [2.24, 2.45) is 0 Å². The number of imidazole rings is 1. The molecule has 0 bridgehead atoms. The first kappa shape index (κ1) is 24.1. The lowest BCUT2D eigenvalue weighted by atomic mass is 10.0. The second-order valence-corrected chi connectivity index (χ2v) is 8.30. The van der Waals surface area contributed by atoms with Crippen LogP contribution in [-0.2, 0) is 16.0 Å². The normalized spacial score (nSPS) is 15.2. The van der Waals surface area contributed by atoms with E-state index in [9.17, 15) is 23.2 Å². The Morgan fingerprint density at radius 1 is 1.20 bits per heavy atom. The zero-order valence-electron chi connectivity index (χ0n) is 19.0. The molecule has 1 aliphatic rings. The van der Waals surface area contributed by atoms with Crippen LogP contribution in [0.2, 0.25) is 0 Å². The number of anilines is 1.